The number of H-pyrrole nitrogens is 1. The molecule has 1 aliphatic heterocycles. The molecule has 1 aromatic carbocycles. The smallest absolute Gasteiger partial charge is 0.256 e. The summed E-state index contributed by atoms with van der Waals surface area (Å²) < 4.78 is 13.5. The molecule has 0 saturated heterocycles. The molecule has 1 aromatic heterocycles. The van der Waals surface area contributed by atoms with Gasteiger partial charge in [-0.1, -0.05) is 0 Å². The molecule has 0 unspecified atom stereocenters. The third-order valence-corrected chi connectivity index (χ3v) is 4.18. The van der Waals surface area contributed by atoms with E-state index in [2.05, 4.69) is 15.6 Å². The monoisotopic (exact) mass is 356 g/mol. The number of nitrogens with two attached hydrogens (primary N) is 1. The third-order valence-electron chi connectivity index (χ3n) is 4.18. The van der Waals surface area contributed by atoms with E-state index < -0.39 is 17.6 Å². The summed E-state index contributed by atoms with van der Waals surface area (Å²) in [5.74, 6) is -1.89. The number of amides is 3. The van der Waals surface area contributed by atoms with Crippen molar-refractivity contribution in [3.63, 3.8) is 0 Å². The standard InChI is InChI=1S/C18H17FN4O3/c1-8-14(22-9(2)16(8)18(26)21-7-15(20)24)6-12-11-5-10(19)3-4-13(11)23-17(12)25/h3-6,22H,7H2,1-2H3,(H2,20,24)(H,21,26)(H,23,25)/b12-6-. The van der Waals surface area contributed by atoms with Crippen LogP contribution in [0.5, 0.6) is 0 Å². The van der Waals surface area contributed by atoms with Crippen molar-refractivity contribution in [1.29, 1.82) is 0 Å². The molecule has 3 amide bonds. The summed E-state index contributed by atoms with van der Waals surface area (Å²) in [5.41, 5.74) is 8.43. The summed E-state index contributed by atoms with van der Waals surface area (Å²) in [5, 5.41) is 5.11. The Morgan fingerprint density at radius 3 is 2.73 bits per heavy atom. The molecule has 134 valence electrons. The lowest BCUT2D eigenvalue weighted by Crippen LogP contribution is -2.33. The van der Waals surface area contributed by atoms with Crippen molar-refractivity contribution >= 4 is 35.1 Å². The van der Waals surface area contributed by atoms with Crippen LogP contribution in [0.3, 0.4) is 0 Å². The highest BCUT2D eigenvalue weighted by atomic mass is 19.1. The van der Waals surface area contributed by atoms with E-state index >= 15 is 0 Å². The van der Waals surface area contributed by atoms with E-state index in [9.17, 15) is 18.8 Å². The van der Waals surface area contributed by atoms with Crippen LogP contribution in [0.1, 0.15) is 32.9 Å². The minimum atomic E-state index is -0.646. The van der Waals surface area contributed by atoms with Gasteiger partial charge in [0.2, 0.25) is 5.91 Å². The molecule has 2 aromatic rings. The lowest BCUT2D eigenvalue weighted by atomic mass is 10.0. The Kier molecular flexibility index (Phi) is 4.33. The number of benzene rings is 1. The summed E-state index contributed by atoms with van der Waals surface area (Å²) in [7, 11) is 0. The van der Waals surface area contributed by atoms with E-state index in [0.29, 0.717) is 39.3 Å². The van der Waals surface area contributed by atoms with E-state index in [1.807, 2.05) is 0 Å². The van der Waals surface area contributed by atoms with Gasteiger partial charge in [0.05, 0.1) is 17.7 Å². The number of aromatic nitrogens is 1. The first-order valence-electron chi connectivity index (χ1n) is 7.86. The van der Waals surface area contributed by atoms with Crippen LogP contribution in [-0.4, -0.2) is 29.3 Å². The first kappa shape index (κ1) is 17.4. The second kappa shape index (κ2) is 6.47. The lowest BCUT2D eigenvalue weighted by Gasteiger charge is -2.03. The molecule has 0 bridgehead atoms. The van der Waals surface area contributed by atoms with Crippen molar-refractivity contribution in [3.05, 3.63) is 52.1 Å². The largest absolute Gasteiger partial charge is 0.368 e. The highest BCUT2D eigenvalue weighted by Crippen LogP contribution is 2.34. The Morgan fingerprint density at radius 2 is 2.04 bits per heavy atom. The van der Waals surface area contributed by atoms with Gasteiger partial charge in [-0.05, 0) is 43.7 Å². The number of nitrogens with one attached hydrogen (secondary N) is 3. The molecule has 5 N–H and O–H groups in total. The van der Waals surface area contributed by atoms with Crippen LogP contribution in [0.2, 0.25) is 0 Å². The molecule has 7 nitrogen and oxygen atoms in total. The number of carbonyl (C=O) groups excluding carboxylic acids is 3. The quantitative estimate of drug-likeness (QED) is 0.622. The molecule has 3 rings (SSSR count). The zero-order valence-electron chi connectivity index (χ0n) is 14.2. The Balaban J connectivity index is 1.99. The molecular formula is C18H17FN4O3. The number of hydrogen-bond acceptors (Lipinski definition) is 3. The lowest BCUT2D eigenvalue weighted by molar-refractivity contribution is -0.117. The molecule has 0 fully saturated rings. The molecular weight excluding hydrogens is 339 g/mol. The van der Waals surface area contributed by atoms with Gasteiger partial charge in [-0.25, -0.2) is 4.39 Å². The van der Waals surface area contributed by atoms with Crippen LogP contribution in [0.25, 0.3) is 11.6 Å². The number of carbonyl (C=O) groups is 3. The van der Waals surface area contributed by atoms with Crippen molar-refractivity contribution in [2.45, 2.75) is 13.8 Å². The predicted molar refractivity (Wildman–Crippen MR) is 94.7 cm³/mol. The van der Waals surface area contributed by atoms with E-state index in [4.69, 9.17) is 5.73 Å². The van der Waals surface area contributed by atoms with Crippen molar-refractivity contribution in [3.8, 4) is 0 Å². The van der Waals surface area contributed by atoms with Crippen LogP contribution in [0, 0.1) is 19.7 Å². The highest BCUT2D eigenvalue weighted by molar-refractivity contribution is 6.34. The Morgan fingerprint density at radius 1 is 1.31 bits per heavy atom. The Labute approximate surface area is 148 Å². The maximum atomic E-state index is 13.5. The average molecular weight is 356 g/mol. The van der Waals surface area contributed by atoms with Gasteiger partial charge >= 0.3 is 0 Å². The van der Waals surface area contributed by atoms with Gasteiger partial charge in [-0.15, -0.1) is 0 Å². The first-order valence-corrected chi connectivity index (χ1v) is 7.86. The number of fused-ring (bicyclic) bond motifs is 1. The Bertz CT molecular complexity index is 975. The first-order chi connectivity index (χ1) is 12.3. The van der Waals surface area contributed by atoms with Crippen LogP contribution in [0.4, 0.5) is 10.1 Å². The topological polar surface area (TPSA) is 117 Å². The third kappa shape index (κ3) is 3.08. The highest BCUT2D eigenvalue weighted by Gasteiger charge is 2.26. The SMILES string of the molecule is Cc1[nH]c(/C=C2\C(=O)Nc3ccc(F)cc32)c(C)c1C(=O)NCC(N)=O. The minimum Gasteiger partial charge on any atom is -0.368 e. The maximum absolute atomic E-state index is 13.5. The normalized spacial score (nSPS) is 14.3. The van der Waals surface area contributed by atoms with Gasteiger partial charge in [0.25, 0.3) is 11.8 Å². The van der Waals surface area contributed by atoms with Crippen molar-refractivity contribution in [2.75, 3.05) is 11.9 Å². The number of halogens is 1. The molecule has 0 aliphatic carbocycles. The Hall–Kier alpha value is -3.42. The van der Waals surface area contributed by atoms with Crippen molar-refractivity contribution in [1.82, 2.24) is 10.3 Å². The number of aromatic amines is 1. The molecule has 8 heteroatoms. The average Bonchev–Trinajstić information content (AvgIpc) is 3.02. The van der Waals surface area contributed by atoms with E-state index in [1.165, 1.54) is 18.2 Å². The predicted octanol–water partition coefficient (Wildman–Crippen LogP) is 1.48. The van der Waals surface area contributed by atoms with Gasteiger partial charge in [0.15, 0.2) is 0 Å². The van der Waals surface area contributed by atoms with E-state index in [1.54, 1.807) is 19.9 Å². The molecule has 0 saturated carbocycles. The van der Waals surface area contributed by atoms with Gasteiger partial charge < -0.3 is 21.4 Å². The van der Waals surface area contributed by atoms with Gasteiger partial charge in [0, 0.05) is 22.6 Å². The van der Waals surface area contributed by atoms with Crippen LogP contribution in [0.15, 0.2) is 18.2 Å². The zero-order chi connectivity index (χ0) is 19.0. The summed E-state index contributed by atoms with van der Waals surface area (Å²) in [6, 6.07) is 4.05. The van der Waals surface area contributed by atoms with Crippen LogP contribution >= 0.6 is 0 Å². The number of primary amides is 1. The molecule has 0 radical (unpaired) electrons. The fourth-order valence-electron chi connectivity index (χ4n) is 2.96. The molecule has 0 spiro atoms. The number of aryl methyl sites for hydroxylation is 1. The number of hydrogen-bond donors (Lipinski definition) is 4. The second-order valence-electron chi connectivity index (χ2n) is 6.01. The maximum Gasteiger partial charge on any atom is 0.256 e. The molecule has 0 atom stereocenters. The molecule has 26 heavy (non-hydrogen) atoms. The summed E-state index contributed by atoms with van der Waals surface area (Å²) >= 11 is 0. The number of anilines is 1. The number of rotatable bonds is 4. The van der Waals surface area contributed by atoms with Gasteiger partial charge in [-0.2, -0.15) is 0 Å². The molecule has 1 aliphatic rings. The van der Waals surface area contributed by atoms with E-state index in [-0.39, 0.29) is 12.5 Å². The summed E-state index contributed by atoms with van der Waals surface area (Å²) in [6.45, 7) is 3.15. The molecule has 2 heterocycles. The fraction of sp³-hybridized carbons (Fsp3) is 0.167. The van der Waals surface area contributed by atoms with Crippen molar-refractivity contribution in [2.24, 2.45) is 5.73 Å². The van der Waals surface area contributed by atoms with Crippen LogP contribution in [-0.2, 0) is 9.59 Å². The van der Waals surface area contributed by atoms with Gasteiger partial charge in [-0.3, -0.25) is 14.4 Å². The minimum absolute atomic E-state index is 0.269. The van der Waals surface area contributed by atoms with Crippen molar-refractivity contribution < 1.29 is 18.8 Å². The fourth-order valence-corrected chi connectivity index (χ4v) is 2.96. The summed E-state index contributed by atoms with van der Waals surface area (Å²) in [4.78, 5) is 38.4. The summed E-state index contributed by atoms with van der Waals surface area (Å²) in [6.07, 6.45) is 1.58. The van der Waals surface area contributed by atoms with Gasteiger partial charge in [0.1, 0.15) is 5.82 Å². The van der Waals surface area contributed by atoms with Crippen LogP contribution < -0.4 is 16.4 Å². The van der Waals surface area contributed by atoms with E-state index in [0.717, 1.165) is 0 Å². The second-order valence-corrected chi connectivity index (χ2v) is 6.01. The zero-order valence-corrected chi connectivity index (χ0v) is 14.2.